The predicted octanol–water partition coefficient (Wildman–Crippen LogP) is 1.02. The Labute approximate surface area is 103 Å². The number of hydrogen-bond donors (Lipinski definition) is 2. The first kappa shape index (κ1) is 13.8. The van der Waals surface area contributed by atoms with Gasteiger partial charge >= 0.3 is 0 Å². The Balaban J connectivity index is 3.20. The van der Waals surface area contributed by atoms with Crippen molar-refractivity contribution in [2.24, 2.45) is 0 Å². The van der Waals surface area contributed by atoms with Gasteiger partial charge in [-0.2, -0.15) is 0 Å². The first-order chi connectivity index (χ1) is 7.79. The summed E-state index contributed by atoms with van der Waals surface area (Å²) < 4.78 is 25.5. The van der Waals surface area contributed by atoms with E-state index in [0.29, 0.717) is 6.04 Å². The van der Waals surface area contributed by atoms with Gasteiger partial charge in [-0.1, -0.05) is 0 Å². The number of nitrogen functional groups attached to an aromatic ring is 1. The second-order valence-electron chi connectivity index (χ2n) is 4.13. The molecule has 1 aromatic carbocycles. The maximum Gasteiger partial charge on any atom is 0.242 e. The lowest BCUT2D eigenvalue weighted by Gasteiger charge is -2.24. The van der Waals surface area contributed by atoms with Crippen LogP contribution in [-0.4, -0.2) is 28.6 Å². The largest absolute Gasteiger partial charge is 0.398 e. The van der Waals surface area contributed by atoms with Gasteiger partial charge in [-0.05, 0) is 39.1 Å². The minimum atomic E-state index is -3.49. The molecule has 0 bridgehead atoms. The second-order valence-corrected chi connectivity index (χ2v) is 5.99. The molecule has 5 nitrogen and oxygen atoms in total. The van der Waals surface area contributed by atoms with Crippen molar-refractivity contribution in [1.29, 1.82) is 0 Å². The topological polar surface area (TPSA) is 75.4 Å². The SMILES string of the molecule is CNS(=O)(=O)c1ccc(N(C)C(C)C)cc1N. The fourth-order valence-electron chi connectivity index (χ4n) is 1.41. The Morgan fingerprint density at radius 3 is 2.35 bits per heavy atom. The molecule has 17 heavy (non-hydrogen) atoms. The fourth-order valence-corrected chi connectivity index (χ4v) is 2.24. The van der Waals surface area contributed by atoms with E-state index in [1.165, 1.54) is 13.1 Å². The Bertz CT molecular complexity index is 497. The van der Waals surface area contributed by atoms with E-state index in [2.05, 4.69) is 18.6 Å². The molecule has 0 aliphatic rings. The van der Waals surface area contributed by atoms with Crippen molar-refractivity contribution in [2.75, 3.05) is 24.7 Å². The molecule has 0 amide bonds. The molecule has 0 saturated heterocycles. The molecule has 0 unspecified atom stereocenters. The molecule has 0 heterocycles. The van der Waals surface area contributed by atoms with Crippen molar-refractivity contribution in [1.82, 2.24) is 4.72 Å². The van der Waals surface area contributed by atoms with E-state index < -0.39 is 10.0 Å². The van der Waals surface area contributed by atoms with Crippen LogP contribution in [-0.2, 0) is 10.0 Å². The molecule has 0 aliphatic carbocycles. The average Bonchev–Trinajstić information content (AvgIpc) is 2.27. The van der Waals surface area contributed by atoms with Crippen molar-refractivity contribution in [3.8, 4) is 0 Å². The number of nitrogens with two attached hydrogens (primary N) is 1. The van der Waals surface area contributed by atoms with Gasteiger partial charge < -0.3 is 10.6 Å². The second kappa shape index (κ2) is 4.93. The Hall–Kier alpha value is -1.27. The van der Waals surface area contributed by atoms with E-state index in [1.807, 2.05) is 11.9 Å². The number of nitrogens with one attached hydrogen (secondary N) is 1. The van der Waals surface area contributed by atoms with Gasteiger partial charge in [0, 0.05) is 18.8 Å². The van der Waals surface area contributed by atoms with E-state index in [4.69, 9.17) is 5.73 Å². The summed E-state index contributed by atoms with van der Waals surface area (Å²) in [6, 6.07) is 5.27. The van der Waals surface area contributed by atoms with Gasteiger partial charge in [0.25, 0.3) is 0 Å². The van der Waals surface area contributed by atoms with E-state index >= 15 is 0 Å². The van der Waals surface area contributed by atoms with E-state index in [-0.39, 0.29) is 10.6 Å². The van der Waals surface area contributed by atoms with Gasteiger partial charge in [0.15, 0.2) is 0 Å². The normalized spacial score (nSPS) is 11.8. The number of anilines is 2. The minimum absolute atomic E-state index is 0.112. The maximum atomic E-state index is 11.6. The van der Waals surface area contributed by atoms with Crippen LogP contribution in [0.1, 0.15) is 13.8 Å². The molecule has 0 aliphatic heterocycles. The zero-order valence-corrected chi connectivity index (χ0v) is 11.4. The third-order valence-electron chi connectivity index (χ3n) is 2.73. The van der Waals surface area contributed by atoms with E-state index in [1.54, 1.807) is 12.1 Å². The standard InChI is InChI=1S/C11H19N3O2S/c1-8(2)14(4)9-5-6-11(10(12)7-9)17(15,16)13-3/h5-8,13H,12H2,1-4H3. The van der Waals surface area contributed by atoms with Crippen LogP contribution >= 0.6 is 0 Å². The summed E-state index contributed by atoms with van der Waals surface area (Å²) in [5.74, 6) is 0. The summed E-state index contributed by atoms with van der Waals surface area (Å²) in [4.78, 5) is 2.13. The molecule has 6 heteroatoms. The van der Waals surface area contributed by atoms with Gasteiger partial charge in [0.2, 0.25) is 10.0 Å². The Morgan fingerprint density at radius 2 is 1.94 bits per heavy atom. The number of benzene rings is 1. The Kier molecular flexibility index (Phi) is 4.00. The number of rotatable bonds is 4. The van der Waals surface area contributed by atoms with Crippen LogP contribution in [0, 0.1) is 0 Å². The summed E-state index contributed by atoms with van der Waals surface area (Å²) in [5.41, 5.74) is 6.93. The number of hydrogen-bond acceptors (Lipinski definition) is 4. The van der Waals surface area contributed by atoms with Crippen molar-refractivity contribution >= 4 is 21.4 Å². The van der Waals surface area contributed by atoms with Gasteiger partial charge in [0.1, 0.15) is 4.90 Å². The molecule has 0 aromatic heterocycles. The highest BCUT2D eigenvalue weighted by Crippen LogP contribution is 2.24. The van der Waals surface area contributed by atoms with Crippen LogP contribution in [0.5, 0.6) is 0 Å². The highest BCUT2D eigenvalue weighted by atomic mass is 32.2. The molecular formula is C11H19N3O2S. The van der Waals surface area contributed by atoms with Crippen molar-refractivity contribution in [3.05, 3.63) is 18.2 Å². The molecule has 0 saturated carbocycles. The molecular weight excluding hydrogens is 238 g/mol. The van der Waals surface area contributed by atoms with Gasteiger partial charge in [-0.3, -0.25) is 0 Å². The molecule has 1 rings (SSSR count). The number of nitrogens with zero attached hydrogens (tertiary/aromatic N) is 1. The smallest absolute Gasteiger partial charge is 0.242 e. The monoisotopic (exact) mass is 257 g/mol. The van der Waals surface area contributed by atoms with Crippen LogP contribution < -0.4 is 15.4 Å². The first-order valence-corrected chi connectivity index (χ1v) is 6.84. The van der Waals surface area contributed by atoms with Gasteiger partial charge in [-0.15, -0.1) is 0 Å². The van der Waals surface area contributed by atoms with Crippen LogP contribution in [0.25, 0.3) is 0 Å². The maximum absolute atomic E-state index is 11.6. The van der Waals surface area contributed by atoms with Crippen LogP contribution in [0.4, 0.5) is 11.4 Å². The molecule has 0 radical (unpaired) electrons. The quantitative estimate of drug-likeness (QED) is 0.790. The highest BCUT2D eigenvalue weighted by Gasteiger charge is 2.16. The van der Waals surface area contributed by atoms with Crippen molar-refractivity contribution < 1.29 is 8.42 Å². The predicted molar refractivity (Wildman–Crippen MR) is 70.6 cm³/mol. The molecule has 0 fully saturated rings. The van der Waals surface area contributed by atoms with Crippen LogP contribution in [0.3, 0.4) is 0 Å². The zero-order valence-electron chi connectivity index (χ0n) is 10.6. The van der Waals surface area contributed by atoms with Crippen LogP contribution in [0.2, 0.25) is 0 Å². The minimum Gasteiger partial charge on any atom is -0.398 e. The van der Waals surface area contributed by atoms with E-state index in [0.717, 1.165) is 5.69 Å². The summed E-state index contributed by atoms with van der Waals surface area (Å²) in [7, 11) is -0.185. The summed E-state index contributed by atoms with van der Waals surface area (Å²) in [5, 5.41) is 0. The molecule has 96 valence electrons. The van der Waals surface area contributed by atoms with E-state index in [9.17, 15) is 8.42 Å². The summed E-state index contributed by atoms with van der Waals surface area (Å²) in [6.45, 7) is 4.10. The van der Waals surface area contributed by atoms with Gasteiger partial charge in [0.05, 0.1) is 5.69 Å². The lowest BCUT2D eigenvalue weighted by molar-refractivity contribution is 0.588. The third kappa shape index (κ3) is 2.89. The Morgan fingerprint density at radius 1 is 1.35 bits per heavy atom. The first-order valence-electron chi connectivity index (χ1n) is 5.35. The molecule has 0 atom stereocenters. The van der Waals surface area contributed by atoms with Crippen LogP contribution in [0.15, 0.2) is 23.1 Å². The molecule has 1 aromatic rings. The molecule has 0 spiro atoms. The summed E-state index contributed by atoms with van der Waals surface area (Å²) in [6.07, 6.45) is 0. The van der Waals surface area contributed by atoms with Crippen molar-refractivity contribution in [3.63, 3.8) is 0 Å². The van der Waals surface area contributed by atoms with Gasteiger partial charge in [-0.25, -0.2) is 13.1 Å². The molecule has 3 N–H and O–H groups in total. The fraction of sp³-hybridized carbons (Fsp3) is 0.455. The number of sulfonamides is 1. The highest BCUT2D eigenvalue weighted by molar-refractivity contribution is 7.89. The summed E-state index contributed by atoms with van der Waals surface area (Å²) >= 11 is 0. The average molecular weight is 257 g/mol. The lowest BCUT2D eigenvalue weighted by Crippen LogP contribution is -2.26. The van der Waals surface area contributed by atoms with Crippen molar-refractivity contribution in [2.45, 2.75) is 24.8 Å². The zero-order chi connectivity index (χ0) is 13.2. The third-order valence-corrected chi connectivity index (χ3v) is 4.22. The lowest BCUT2D eigenvalue weighted by atomic mass is 10.2.